The van der Waals surface area contributed by atoms with E-state index >= 15 is 0 Å². The van der Waals surface area contributed by atoms with E-state index in [4.69, 9.17) is 0 Å². The van der Waals surface area contributed by atoms with Crippen LogP contribution in [0.2, 0.25) is 0 Å². The first-order valence-corrected chi connectivity index (χ1v) is 9.78. The van der Waals surface area contributed by atoms with Crippen molar-refractivity contribution in [2.24, 2.45) is 0 Å². The molecule has 1 amide bonds. The molecule has 1 fully saturated rings. The average Bonchev–Trinajstić information content (AvgIpc) is 2.75. The highest BCUT2D eigenvalue weighted by Gasteiger charge is 2.19. The maximum absolute atomic E-state index is 12.3. The Morgan fingerprint density at radius 3 is 2.21 bits per heavy atom. The summed E-state index contributed by atoms with van der Waals surface area (Å²) in [5.74, 6) is 1.48. The van der Waals surface area contributed by atoms with Gasteiger partial charge in [-0.2, -0.15) is 0 Å². The van der Waals surface area contributed by atoms with Crippen LogP contribution in [0.3, 0.4) is 0 Å². The standard InChI is InChI=1S/C20H19BrN6O/c21-16-6-4-15(5-7-16)19(28)25-17-13-23-20(24-14-17)27-11-9-26(10-12-27)18-3-1-2-8-22-18/h1-8,13-14H,9-12H2,(H,25,28). The lowest BCUT2D eigenvalue weighted by Crippen LogP contribution is -2.47. The second-order valence-corrected chi connectivity index (χ2v) is 7.31. The van der Waals surface area contributed by atoms with E-state index in [1.165, 1.54) is 0 Å². The Morgan fingerprint density at radius 1 is 0.893 bits per heavy atom. The smallest absolute Gasteiger partial charge is 0.255 e. The Labute approximate surface area is 171 Å². The van der Waals surface area contributed by atoms with E-state index in [9.17, 15) is 4.79 Å². The number of hydrogen-bond donors (Lipinski definition) is 1. The Bertz CT molecular complexity index is 925. The number of carbonyl (C=O) groups excluding carboxylic acids is 1. The lowest BCUT2D eigenvalue weighted by molar-refractivity contribution is 0.102. The minimum atomic E-state index is -0.187. The fraction of sp³-hybridized carbons (Fsp3) is 0.200. The summed E-state index contributed by atoms with van der Waals surface area (Å²) in [6, 6.07) is 13.1. The molecule has 142 valence electrons. The topological polar surface area (TPSA) is 74.2 Å². The van der Waals surface area contributed by atoms with Crippen LogP contribution in [0.4, 0.5) is 17.5 Å². The first-order valence-electron chi connectivity index (χ1n) is 8.99. The molecule has 0 spiro atoms. The summed E-state index contributed by atoms with van der Waals surface area (Å²) < 4.78 is 0.930. The van der Waals surface area contributed by atoms with E-state index in [0.29, 0.717) is 17.2 Å². The highest BCUT2D eigenvalue weighted by molar-refractivity contribution is 9.10. The maximum Gasteiger partial charge on any atom is 0.255 e. The van der Waals surface area contributed by atoms with Crippen molar-refractivity contribution in [3.05, 3.63) is 71.1 Å². The fourth-order valence-electron chi connectivity index (χ4n) is 3.03. The molecule has 1 N–H and O–H groups in total. The van der Waals surface area contributed by atoms with Gasteiger partial charge in [-0.1, -0.05) is 22.0 Å². The molecule has 0 bridgehead atoms. The zero-order valence-electron chi connectivity index (χ0n) is 15.1. The van der Waals surface area contributed by atoms with Crippen LogP contribution in [0.5, 0.6) is 0 Å². The lowest BCUT2D eigenvalue weighted by atomic mass is 10.2. The molecule has 0 unspecified atom stereocenters. The summed E-state index contributed by atoms with van der Waals surface area (Å²) in [6.07, 6.45) is 5.10. The third-order valence-corrected chi connectivity index (χ3v) is 5.07. The van der Waals surface area contributed by atoms with Crippen LogP contribution >= 0.6 is 15.9 Å². The van der Waals surface area contributed by atoms with Crippen LogP contribution in [-0.4, -0.2) is 47.0 Å². The number of carbonyl (C=O) groups is 1. The Balaban J connectivity index is 1.35. The van der Waals surface area contributed by atoms with Gasteiger partial charge in [-0.15, -0.1) is 0 Å². The van der Waals surface area contributed by atoms with Gasteiger partial charge in [0.15, 0.2) is 0 Å². The molecule has 0 aliphatic carbocycles. The van der Waals surface area contributed by atoms with Gasteiger partial charge < -0.3 is 15.1 Å². The number of anilines is 3. The van der Waals surface area contributed by atoms with Gasteiger partial charge in [0, 0.05) is 42.4 Å². The van der Waals surface area contributed by atoms with Gasteiger partial charge in [0.05, 0.1) is 18.1 Å². The van der Waals surface area contributed by atoms with E-state index in [0.717, 1.165) is 36.5 Å². The number of aromatic nitrogens is 3. The number of benzene rings is 1. The average molecular weight is 439 g/mol. The van der Waals surface area contributed by atoms with E-state index in [2.05, 4.69) is 46.0 Å². The Morgan fingerprint density at radius 2 is 1.57 bits per heavy atom. The zero-order valence-corrected chi connectivity index (χ0v) is 16.7. The maximum atomic E-state index is 12.3. The number of hydrogen-bond acceptors (Lipinski definition) is 6. The first-order chi connectivity index (χ1) is 13.7. The van der Waals surface area contributed by atoms with Crippen LogP contribution in [0.25, 0.3) is 0 Å². The van der Waals surface area contributed by atoms with Crippen molar-refractivity contribution in [3.8, 4) is 0 Å². The summed E-state index contributed by atoms with van der Waals surface area (Å²) >= 11 is 3.36. The quantitative estimate of drug-likeness (QED) is 0.673. The van der Waals surface area contributed by atoms with E-state index in [1.54, 1.807) is 24.5 Å². The highest BCUT2D eigenvalue weighted by Crippen LogP contribution is 2.17. The normalized spacial score (nSPS) is 14.0. The fourth-order valence-corrected chi connectivity index (χ4v) is 3.29. The van der Waals surface area contributed by atoms with Crippen LogP contribution < -0.4 is 15.1 Å². The van der Waals surface area contributed by atoms with Crippen LogP contribution in [0, 0.1) is 0 Å². The minimum Gasteiger partial charge on any atom is -0.353 e. The molecule has 0 atom stereocenters. The van der Waals surface area contributed by atoms with Gasteiger partial charge in [-0.05, 0) is 36.4 Å². The number of halogens is 1. The summed E-state index contributed by atoms with van der Waals surface area (Å²) in [6.45, 7) is 3.37. The molecular weight excluding hydrogens is 420 g/mol. The second kappa shape index (κ2) is 8.35. The second-order valence-electron chi connectivity index (χ2n) is 6.39. The molecule has 3 heterocycles. The molecular formula is C20H19BrN6O. The number of rotatable bonds is 4. The zero-order chi connectivity index (χ0) is 19.3. The third-order valence-electron chi connectivity index (χ3n) is 4.54. The molecule has 1 aliphatic heterocycles. The van der Waals surface area contributed by atoms with Gasteiger partial charge in [0.25, 0.3) is 5.91 Å². The van der Waals surface area contributed by atoms with Crippen molar-refractivity contribution < 1.29 is 4.79 Å². The molecule has 1 aliphatic rings. The summed E-state index contributed by atoms with van der Waals surface area (Å²) in [5.41, 5.74) is 1.15. The lowest BCUT2D eigenvalue weighted by Gasteiger charge is -2.35. The Hall–Kier alpha value is -3.00. The van der Waals surface area contributed by atoms with Crippen LogP contribution in [0.1, 0.15) is 10.4 Å². The van der Waals surface area contributed by atoms with Crippen molar-refractivity contribution >= 4 is 39.3 Å². The molecule has 28 heavy (non-hydrogen) atoms. The Kier molecular flexibility index (Phi) is 5.48. The molecule has 3 aromatic rings. The van der Waals surface area contributed by atoms with Gasteiger partial charge in [0.2, 0.25) is 5.95 Å². The molecule has 0 saturated carbocycles. The van der Waals surface area contributed by atoms with Gasteiger partial charge in [-0.25, -0.2) is 15.0 Å². The number of nitrogens with zero attached hydrogens (tertiary/aromatic N) is 5. The molecule has 1 saturated heterocycles. The van der Waals surface area contributed by atoms with Crippen LogP contribution in [-0.2, 0) is 0 Å². The largest absolute Gasteiger partial charge is 0.353 e. The first kappa shape index (κ1) is 18.4. The molecule has 8 heteroatoms. The predicted molar refractivity (Wildman–Crippen MR) is 113 cm³/mol. The number of amides is 1. The number of pyridine rings is 1. The van der Waals surface area contributed by atoms with Crippen molar-refractivity contribution in [1.29, 1.82) is 0 Å². The summed E-state index contributed by atoms with van der Waals surface area (Å²) in [4.78, 5) is 29.9. The van der Waals surface area contributed by atoms with Crippen LogP contribution in [0.15, 0.2) is 65.5 Å². The summed E-state index contributed by atoms with van der Waals surface area (Å²) in [5, 5.41) is 2.82. The molecule has 4 rings (SSSR count). The highest BCUT2D eigenvalue weighted by atomic mass is 79.9. The molecule has 0 radical (unpaired) electrons. The number of nitrogens with one attached hydrogen (secondary N) is 1. The SMILES string of the molecule is O=C(Nc1cnc(N2CCN(c3ccccn3)CC2)nc1)c1ccc(Br)cc1. The van der Waals surface area contributed by atoms with Gasteiger partial charge in [0.1, 0.15) is 5.82 Å². The van der Waals surface area contributed by atoms with Crippen molar-refractivity contribution in [2.45, 2.75) is 0 Å². The minimum absolute atomic E-state index is 0.187. The van der Waals surface area contributed by atoms with Crippen molar-refractivity contribution in [1.82, 2.24) is 15.0 Å². The van der Waals surface area contributed by atoms with Crippen molar-refractivity contribution in [2.75, 3.05) is 41.3 Å². The van der Waals surface area contributed by atoms with Crippen molar-refractivity contribution in [3.63, 3.8) is 0 Å². The summed E-state index contributed by atoms with van der Waals surface area (Å²) in [7, 11) is 0. The monoisotopic (exact) mass is 438 g/mol. The molecule has 7 nitrogen and oxygen atoms in total. The molecule has 2 aromatic heterocycles. The number of piperazine rings is 1. The third kappa shape index (κ3) is 4.28. The van der Waals surface area contributed by atoms with E-state index in [-0.39, 0.29) is 5.91 Å². The predicted octanol–water partition coefficient (Wildman–Crippen LogP) is 3.21. The van der Waals surface area contributed by atoms with E-state index < -0.39 is 0 Å². The van der Waals surface area contributed by atoms with E-state index in [1.807, 2.05) is 36.5 Å². The van der Waals surface area contributed by atoms with Gasteiger partial charge in [-0.3, -0.25) is 4.79 Å². The van der Waals surface area contributed by atoms with Gasteiger partial charge >= 0.3 is 0 Å². The molecule has 1 aromatic carbocycles.